The fourth-order valence-corrected chi connectivity index (χ4v) is 3.33. The van der Waals surface area contributed by atoms with Crippen LogP contribution in [-0.2, 0) is 0 Å². The van der Waals surface area contributed by atoms with Crippen molar-refractivity contribution in [2.75, 3.05) is 43.1 Å². The van der Waals surface area contributed by atoms with Crippen LogP contribution in [0.1, 0.15) is 6.42 Å². The van der Waals surface area contributed by atoms with E-state index in [1.165, 1.54) is 17.8 Å². The SMILES string of the molecule is COc1ccc(N2CCCN(c3nccc(Oc4ccc(F)cc4)n3)CC2)cc1. The molecule has 0 N–H and O–H groups in total. The topological polar surface area (TPSA) is 50.7 Å². The summed E-state index contributed by atoms with van der Waals surface area (Å²) in [5.41, 5.74) is 1.18. The van der Waals surface area contributed by atoms with E-state index in [1.54, 1.807) is 31.5 Å². The maximum absolute atomic E-state index is 13.1. The number of rotatable bonds is 5. The van der Waals surface area contributed by atoms with Crippen molar-refractivity contribution in [3.8, 4) is 17.4 Å². The molecule has 1 aliphatic rings. The van der Waals surface area contributed by atoms with E-state index in [2.05, 4.69) is 31.9 Å². The van der Waals surface area contributed by atoms with Crippen LogP contribution in [0.5, 0.6) is 17.4 Å². The lowest BCUT2D eigenvalue weighted by Gasteiger charge is -2.24. The fraction of sp³-hybridized carbons (Fsp3) is 0.273. The monoisotopic (exact) mass is 394 g/mol. The molecule has 0 amide bonds. The largest absolute Gasteiger partial charge is 0.497 e. The minimum Gasteiger partial charge on any atom is -0.497 e. The zero-order valence-corrected chi connectivity index (χ0v) is 16.3. The van der Waals surface area contributed by atoms with E-state index in [0.717, 1.165) is 38.3 Å². The number of hydrogen-bond donors (Lipinski definition) is 0. The molecule has 1 aromatic heterocycles. The Morgan fingerprint density at radius 2 is 1.52 bits per heavy atom. The van der Waals surface area contributed by atoms with Gasteiger partial charge in [-0.05, 0) is 55.0 Å². The Hall–Kier alpha value is -3.35. The van der Waals surface area contributed by atoms with E-state index >= 15 is 0 Å². The number of nitrogens with zero attached hydrogens (tertiary/aromatic N) is 4. The van der Waals surface area contributed by atoms with Gasteiger partial charge in [-0.25, -0.2) is 9.37 Å². The van der Waals surface area contributed by atoms with Crippen molar-refractivity contribution in [1.29, 1.82) is 0 Å². The molecule has 0 saturated carbocycles. The molecule has 2 heterocycles. The van der Waals surface area contributed by atoms with Crippen molar-refractivity contribution in [2.45, 2.75) is 6.42 Å². The molecule has 0 spiro atoms. The van der Waals surface area contributed by atoms with E-state index in [9.17, 15) is 4.39 Å². The van der Waals surface area contributed by atoms with Crippen LogP contribution in [-0.4, -0.2) is 43.3 Å². The van der Waals surface area contributed by atoms with Crippen molar-refractivity contribution in [1.82, 2.24) is 9.97 Å². The van der Waals surface area contributed by atoms with Crippen molar-refractivity contribution in [3.05, 3.63) is 66.6 Å². The summed E-state index contributed by atoms with van der Waals surface area (Å²) >= 11 is 0. The molecule has 6 nitrogen and oxygen atoms in total. The van der Waals surface area contributed by atoms with Crippen molar-refractivity contribution in [2.24, 2.45) is 0 Å². The highest BCUT2D eigenvalue weighted by atomic mass is 19.1. The fourth-order valence-electron chi connectivity index (χ4n) is 3.33. The van der Waals surface area contributed by atoms with Crippen molar-refractivity contribution in [3.63, 3.8) is 0 Å². The number of methoxy groups -OCH3 is 1. The smallest absolute Gasteiger partial charge is 0.228 e. The minimum absolute atomic E-state index is 0.299. The van der Waals surface area contributed by atoms with Crippen LogP contribution >= 0.6 is 0 Å². The van der Waals surface area contributed by atoms with Crippen LogP contribution in [0.2, 0.25) is 0 Å². The third-order valence-corrected chi connectivity index (χ3v) is 4.87. The highest BCUT2D eigenvalue weighted by Crippen LogP contribution is 2.24. The average molecular weight is 394 g/mol. The summed E-state index contributed by atoms with van der Waals surface area (Å²) in [6, 6.07) is 15.7. The summed E-state index contributed by atoms with van der Waals surface area (Å²) in [4.78, 5) is 13.5. The average Bonchev–Trinajstić information content (AvgIpc) is 3.02. The number of hydrogen-bond acceptors (Lipinski definition) is 6. The Labute approximate surface area is 169 Å². The number of aromatic nitrogens is 2. The number of benzene rings is 2. The van der Waals surface area contributed by atoms with E-state index in [0.29, 0.717) is 17.6 Å². The summed E-state index contributed by atoms with van der Waals surface area (Å²) in [5, 5.41) is 0. The predicted molar refractivity (Wildman–Crippen MR) is 111 cm³/mol. The first-order chi connectivity index (χ1) is 14.2. The summed E-state index contributed by atoms with van der Waals surface area (Å²) in [6.45, 7) is 3.52. The Morgan fingerprint density at radius 1 is 0.828 bits per heavy atom. The summed E-state index contributed by atoms with van der Waals surface area (Å²) < 4.78 is 24.0. The number of halogens is 1. The van der Waals surface area contributed by atoms with Crippen LogP contribution in [0.4, 0.5) is 16.0 Å². The zero-order valence-electron chi connectivity index (χ0n) is 16.3. The van der Waals surface area contributed by atoms with E-state index in [-0.39, 0.29) is 5.82 Å². The van der Waals surface area contributed by atoms with Gasteiger partial charge < -0.3 is 19.3 Å². The first-order valence-corrected chi connectivity index (χ1v) is 9.62. The molecule has 0 radical (unpaired) electrons. The van der Waals surface area contributed by atoms with E-state index < -0.39 is 0 Å². The van der Waals surface area contributed by atoms with E-state index in [1.807, 2.05) is 12.1 Å². The van der Waals surface area contributed by atoms with Crippen LogP contribution in [0.15, 0.2) is 60.8 Å². The molecule has 29 heavy (non-hydrogen) atoms. The minimum atomic E-state index is -0.299. The normalized spacial score (nSPS) is 14.4. The quantitative estimate of drug-likeness (QED) is 0.649. The lowest BCUT2D eigenvalue weighted by Crippen LogP contribution is -2.31. The number of ether oxygens (including phenoxy) is 2. The van der Waals surface area contributed by atoms with Crippen LogP contribution < -0.4 is 19.3 Å². The highest BCUT2D eigenvalue weighted by Gasteiger charge is 2.18. The molecular weight excluding hydrogens is 371 g/mol. The molecule has 0 unspecified atom stereocenters. The summed E-state index contributed by atoms with van der Waals surface area (Å²) in [7, 11) is 1.67. The summed E-state index contributed by atoms with van der Waals surface area (Å²) in [6.07, 6.45) is 2.69. The van der Waals surface area contributed by atoms with Gasteiger partial charge in [0, 0.05) is 44.1 Å². The maximum atomic E-state index is 13.1. The molecule has 1 aliphatic heterocycles. The molecule has 7 heteroatoms. The second kappa shape index (κ2) is 8.77. The molecule has 2 aromatic carbocycles. The lowest BCUT2D eigenvalue weighted by atomic mass is 10.2. The zero-order chi connectivity index (χ0) is 20.1. The third-order valence-electron chi connectivity index (χ3n) is 4.87. The third kappa shape index (κ3) is 4.74. The molecule has 0 aliphatic carbocycles. The molecule has 3 aromatic rings. The standard InChI is InChI=1S/C22H23FN4O2/c1-28-19-9-5-18(6-10-19)26-13-2-14-27(16-15-26)22-24-12-11-21(25-22)29-20-7-3-17(23)4-8-20/h3-12H,2,13-16H2,1H3. The lowest BCUT2D eigenvalue weighted by molar-refractivity contribution is 0.415. The Balaban J connectivity index is 1.42. The highest BCUT2D eigenvalue weighted by molar-refractivity contribution is 5.50. The van der Waals surface area contributed by atoms with Crippen molar-refractivity contribution < 1.29 is 13.9 Å². The Bertz CT molecular complexity index is 934. The maximum Gasteiger partial charge on any atom is 0.228 e. The van der Waals surface area contributed by atoms with Gasteiger partial charge in [-0.15, -0.1) is 0 Å². The molecule has 1 saturated heterocycles. The van der Waals surface area contributed by atoms with E-state index in [4.69, 9.17) is 9.47 Å². The molecule has 150 valence electrons. The van der Waals surface area contributed by atoms with Gasteiger partial charge in [-0.2, -0.15) is 4.98 Å². The number of anilines is 2. The molecule has 0 atom stereocenters. The van der Waals surface area contributed by atoms with Gasteiger partial charge >= 0.3 is 0 Å². The first kappa shape index (κ1) is 19.0. The molecule has 0 bridgehead atoms. The van der Waals surface area contributed by atoms with Crippen LogP contribution in [0.3, 0.4) is 0 Å². The summed E-state index contributed by atoms with van der Waals surface area (Å²) in [5.74, 6) is 2.18. The van der Waals surface area contributed by atoms with Gasteiger partial charge in [0.2, 0.25) is 11.8 Å². The second-order valence-electron chi connectivity index (χ2n) is 6.78. The Morgan fingerprint density at radius 3 is 2.28 bits per heavy atom. The van der Waals surface area contributed by atoms with Gasteiger partial charge in [0.25, 0.3) is 0 Å². The first-order valence-electron chi connectivity index (χ1n) is 9.62. The van der Waals surface area contributed by atoms with Gasteiger partial charge in [0.1, 0.15) is 17.3 Å². The van der Waals surface area contributed by atoms with Crippen LogP contribution in [0.25, 0.3) is 0 Å². The molecular formula is C22H23FN4O2. The van der Waals surface area contributed by atoms with Crippen molar-refractivity contribution >= 4 is 11.6 Å². The van der Waals surface area contributed by atoms with Crippen LogP contribution in [0, 0.1) is 5.82 Å². The van der Waals surface area contributed by atoms with Gasteiger partial charge in [-0.1, -0.05) is 0 Å². The molecule has 4 rings (SSSR count). The molecule has 1 fully saturated rings. The second-order valence-corrected chi connectivity index (χ2v) is 6.78. The Kier molecular flexibility index (Phi) is 5.74. The predicted octanol–water partition coefficient (Wildman–Crippen LogP) is 4.13. The van der Waals surface area contributed by atoms with Gasteiger partial charge in [0.05, 0.1) is 7.11 Å². The van der Waals surface area contributed by atoms with Gasteiger partial charge in [0.15, 0.2) is 0 Å². The van der Waals surface area contributed by atoms with Gasteiger partial charge in [-0.3, -0.25) is 0 Å².